The Labute approximate surface area is 111 Å². The molecule has 17 heavy (non-hydrogen) atoms. The van der Waals surface area contributed by atoms with Crippen LogP contribution >= 0.6 is 27.3 Å². The van der Waals surface area contributed by atoms with Crippen molar-refractivity contribution in [1.29, 1.82) is 0 Å². The van der Waals surface area contributed by atoms with Crippen LogP contribution in [-0.2, 0) is 0 Å². The molecule has 2 heterocycles. The molecule has 0 spiro atoms. The predicted octanol–water partition coefficient (Wildman–Crippen LogP) is 4.07. The number of thiazole rings is 1. The van der Waals surface area contributed by atoms with Gasteiger partial charge in [0.05, 0.1) is 20.9 Å². The van der Waals surface area contributed by atoms with Crippen molar-refractivity contribution in [2.24, 2.45) is 0 Å². The van der Waals surface area contributed by atoms with E-state index in [1.807, 2.05) is 19.2 Å². The van der Waals surface area contributed by atoms with Crippen LogP contribution in [0.1, 0.15) is 10.6 Å². The maximum absolute atomic E-state index is 4.63. The summed E-state index contributed by atoms with van der Waals surface area (Å²) in [5.74, 6) is 0.895. The number of halogens is 1. The summed E-state index contributed by atoms with van der Waals surface area (Å²) in [7, 11) is 0. The molecule has 1 N–H and O–H groups in total. The number of nitrogens with one attached hydrogen (secondary N) is 1. The third-order valence-electron chi connectivity index (χ3n) is 2.60. The number of rotatable bonds is 1. The normalized spacial score (nSPS) is 11.2. The first-order chi connectivity index (χ1) is 8.13. The third-order valence-corrected chi connectivity index (χ3v) is 3.97. The number of hydrogen-bond donors (Lipinski definition) is 1. The SMILES string of the molecule is Cc1ncc(-c2nc3c(C)cc(Br)cc3[nH]2)s1. The zero-order valence-corrected chi connectivity index (χ0v) is 11.8. The van der Waals surface area contributed by atoms with Crippen molar-refractivity contribution in [1.82, 2.24) is 15.0 Å². The van der Waals surface area contributed by atoms with Gasteiger partial charge in [-0.05, 0) is 31.5 Å². The summed E-state index contributed by atoms with van der Waals surface area (Å²) in [5, 5.41) is 1.05. The molecule has 2 aromatic heterocycles. The number of aromatic nitrogens is 3. The fraction of sp³-hybridized carbons (Fsp3) is 0.167. The summed E-state index contributed by atoms with van der Waals surface area (Å²) in [6.45, 7) is 4.06. The Kier molecular flexibility index (Phi) is 2.52. The minimum Gasteiger partial charge on any atom is -0.337 e. The molecule has 0 saturated heterocycles. The highest BCUT2D eigenvalue weighted by Crippen LogP contribution is 2.28. The second-order valence-electron chi connectivity index (χ2n) is 3.95. The third kappa shape index (κ3) is 1.89. The number of aryl methyl sites for hydroxylation is 2. The lowest BCUT2D eigenvalue weighted by Gasteiger charge is -1.94. The van der Waals surface area contributed by atoms with E-state index >= 15 is 0 Å². The van der Waals surface area contributed by atoms with Crippen LogP contribution in [0.25, 0.3) is 21.7 Å². The molecule has 1 aromatic carbocycles. The van der Waals surface area contributed by atoms with Crippen LogP contribution in [0.4, 0.5) is 0 Å². The first-order valence-electron chi connectivity index (χ1n) is 5.22. The first kappa shape index (κ1) is 10.9. The van der Waals surface area contributed by atoms with Crippen molar-refractivity contribution < 1.29 is 0 Å². The molecule has 0 unspecified atom stereocenters. The van der Waals surface area contributed by atoms with Gasteiger partial charge in [0.2, 0.25) is 0 Å². The minimum absolute atomic E-state index is 0.895. The standard InChI is InChI=1S/C12H10BrN3S/c1-6-3-8(13)4-9-11(6)16-12(15-9)10-5-14-7(2)17-10/h3-5H,1-2H3,(H,15,16). The Hall–Kier alpha value is -1.20. The summed E-state index contributed by atoms with van der Waals surface area (Å²) in [4.78, 5) is 13.3. The summed E-state index contributed by atoms with van der Waals surface area (Å²) < 4.78 is 1.07. The molecular formula is C12H10BrN3S. The predicted molar refractivity (Wildman–Crippen MR) is 74.4 cm³/mol. The Morgan fingerprint density at radius 1 is 1.29 bits per heavy atom. The van der Waals surface area contributed by atoms with Crippen molar-refractivity contribution in [2.75, 3.05) is 0 Å². The highest BCUT2D eigenvalue weighted by atomic mass is 79.9. The molecule has 0 saturated carbocycles. The van der Waals surface area contributed by atoms with E-state index in [-0.39, 0.29) is 0 Å². The van der Waals surface area contributed by atoms with Gasteiger partial charge in [-0.1, -0.05) is 15.9 Å². The molecular weight excluding hydrogens is 298 g/mol. The van der Waals surface area contributed by atoms with Crippen LogP contribution in [0.2, 0.25) is 0 Å². The molecule has 0 fully saturated rings. The molecule has 0 atom stereocenters. The largest absolute Gasteiger partial charge is 0.337 e. The van der Waals surface area contributed by atoms with E-state index in [0.29, 0.717) is 0 Å². The Bertz CT molecular complexity index is 699. The van der Waals surface area contributed by atoms with E-state index in [0.717, 1.165) is 36.8 Å². The highest BCUT2D eigenvalue weighted by molar-refractivity contribution is 9.10. The van der Waals surface area contributed by atoms with Crippen molar-refractivity contribution in [3.63, 3.8) is 0 Å². The van der Waals surface area contributed by atoms with Crippen LogP contribution in [-0.4, -0.2) is 15.0 Å². The lowest BCUT2D eigenvalue weighted by atomic mass is 10.2. The quantitative estimate of drug-likeness (QED) is 0.736. The van der Waals surface area contributed by atoms with Gasteiger partial charge in [0.1, 0.15) is 5.82 Å². The minimum atomic E-state index is 0.895. The number of hydrogen-bond acceptors (Lipinski definition) is 3. The molecule has 86 valence electrons. The van der Waals surface area contributed by atoms with Crippen molar-refractivity contribution >= 4 is 38.3 Å². The molecule has 5 heteroatoms. The zero-order valence-electron chi connectivity index (χ0n) is 9.41. The Morgan fingerprint density at radius 2 is 2.12 bits per heavy atom. The van der Waals surface area contributed by atoms with Crippen LogP contribution in [0.15, 0.2) is 22.8 Å². The fourth-order valence-corrected chi connectivity index (χ4v) is 3.13. The fourth-order valence-electron chi connectivity index (χ4n) is 1.83. The van der Waals surface area contributed by atoms with E-state index in [2.05, 4.69) is 43.9 Å². The number of aromatic amines is 1. The van der Waals surface area contributed by atoms with Gasteiger partial charge in [0, 0.05) is 10.7 Å². The lowest BCUT2D eigenvalue weighted by Crippen LogP contribution is -1.76. The van der Waals surface area contributed by atoms with Gasteiger partial charge in [-0.25, -0.2) is 9.97 Å². The van der Waals surface area contributed by atoms with Crippen molar-refractivity contribution in [3.05, 3.63) is 33.4 Å². The Balaban J connectivity index is 2.23. The van der Waals surface area contributed by atoms with Gasteiger partial charge in [-0.3, -0.25) is 0 Å². The van der Waals surface area contributed by atoms with Crippen LogP contribution in [0.5, 0.6) is 0 Å². The van der Waals surface area contributed by atoms with Crippen molar-refractivity contribution in [3.8, 4) is 10.7 Å². The molecule has 0 aliphatic rings. The number of H-pyrrole nitrogens is 1. The maximum atomic E-state index is 4.63. The molecule has 3 rings (SSSR count). The molecule has 0 aliphatic heterocycles. The van der Waals surface area contributed by atoms with Crippen LogP contribution in [0.3, 0.4) is 0 Å². The smallest absolute Gasteiger partial charge is 0.150 e. The molecule has 0 bridgehead atoms. The van der Waals surface area contributed by atoms with Gasteiger partial charge >= 0.3 is 0 Å². The summed E-state index contributed by atoms with van der Waals surface area (Å²) in [5.41, 5.74) is 3.24. The van der Waals surface area contributed by atoms with Crippen molar-refractivity contribution in [2.45, 2.75) is 13.8 Å². The van der Waals surface area contributed by atoms with E-state index in [9.17, 15) is 0 Å². The molecule has 0 amide bonds. The van der Waals surface area contributed by atoms with Crippen LogP contribution < -0.4 is 0 Å². The summed E-state index contributed by atoms with van der Waals surface area (Å²) in [6.07, 6.45) is 1.86. The first-order valence-corrected chi connectivity index (χ1v) is 6.83. The summed E-state index contributed by atoms with van der Waals surface area (Å²) in [6, 6.07) is 4.12. The summed E-state index contributed by atoms with van der Waals surface area (Å²) >= 11 is 5.14. The van der Waals surface area contributed by atoms with E-state index < -0.39 is 0 Å². The molecule has 3 nitrogen and oxygen atoms in total. The lowest BCUT2D eigenvalue weighted by molar-refractivity contribution is 1.28. The second-order valence-corrected chi connectivity index (χ2v) is 6.10. The second kappa shape index (κ2) is 3.92. The van der Waals surface area contributed by atoms with Gasteiger partial charge in [-0.2, -0.15) is 0 Å². The Morgan fingerprint density at radius 3 is 2.82 bits per heavy atom. The highest BCUT2D eigenvalue weighted by Gasteiger charge is 2.10. The van der Waals surface area contributed by atoms with Gasteiger partial charge in [0.15, 0.2) is 0 Å². The number of fused-ring (bicyclic) bond motifs is 1. The maximum Gasteiger partial charge on any atom is 0.150 e. The average Bonchev–Trinajstić information content (AvgIpc) is 2.83. The van der Waals surface area contributed by atoms with E-state index in [1.54, 1.807) is 11.3 Å². The van der Waals surface area contributed by atoms with Crippen LogP contribution in [0, 0.1) is 13.8 Å². The monoisotopic (exact) mass is 307 g/mol. The molecule has 0 radical (unpaired) electrons. The van der Waals surface area contributed by atoms with Gasteiger partial charge < -0.3 is 4.98 Å². The van der Waals surface area contributed by atoms with Gasteiger partial charge in [-0.15, -0.1) is 11.3 Å². The topological polar surface area (TPSA) is 41.6 Å². The van der Waals surface area contributed by atoms with E-state index in [1.165, 1.54) is 0 Å². The van der Waals surface area contributed by atoms with E-state index in [4.69, 9.17) is 0 Å². The number of imidazole rings is 1. The van der Waals surface area contributed by atoms with Gasteiger partial charge in [0.25, 0.3) is 0 Å². The average molecular weight is 308 g/mol. The number of benzene rings is 1. The zero-order chi connectivity index (χ0) is 12.0. The molecule has 3 aromatic rings. The number of nitrogens with zero attached hydrogens (tertiary/aromatic N) is 2. The molecule has 0 aliphatic carbocycles.